The van der Waals surface area contributed by atoms with Crippen molar-refractivity contribution in [3.05, 3.63) is 23.6 Å². The minimum Gasteiger partial charge on any atom is -0.366 e. The van der Waals surface area contributed by atoms with Gasteiger partial charge in [0.2, 0.25) is 5.95 Å². The first-order valence-electron chi connectivity index (χ1n) is 10.0. The molecule has 1 aliphatic carbocycles. The van der Waals surface area contributed by atoms with Crippen LogP contribution in [0.4, 0.5) is 17.5 Å². The Balaban J connectivity index is 1.36. The third kappa shape index (κ3) is 4.58. The standard InChI is InChI=1S/C20H30ClN7/c1-20(2,3)12-28-9-13-5-15(6-14(13)10-28)24-18-17(21)8-22-19(26-18)25-16-7-23-27(4)11-16/h7-8,11,13-15H,5-6,9-10,12H2,1-4H3,(H2,22,24,25,26). The maximum Gasteiger partial charge on any atom is 0.229 e. The third-order valence-corrected chi connectivity index (χ3v) is 5.85. The van der Waals surface area contributed by atoms with Gasteiger partial charge in [0, 0.05) is 38.9 Å². The second-order valence-corrected chi connectivity index (χ2v) is 9.91. The molecule has 0 bridgehead atoms. The van der Waals surface area contributed by atoms with Gasteiger partial charge in [0.05, 0.1) is 18.1 Å². The van der Waals surface area contributed by atoms with E-state index in [9.17, 15) is 0 Å². The number of anilines is 3. The maximum atomic E-state index is 6.36. The highest BCUT2D eigenvalue weighted by atomic mass is 35.5. The van der Waals surface area contributed by atoms with E-state index in [1.807, 2.05) is 13.2 Å². The Kier molecular flexibility index (Phi) is 5.22. The highest BCUT2D eigenvalue weighted by Crippen LogP contribution is 2.40. The third-order valence-electron chi connectivity index (χ3n) is 5.57. The van der Waals surface area contributed by atoms with Gasteiger partial charge in [-0.25, -0.2) is 4.98 Å². The van der Waals surface area contributed by atoms with E-state index >= 15 is 0 Å². The molecule has 2 aromatic rings. The fourth-order valence-electron chi connectivity index (χ4n) is 4.65. The van der Waals surface area contributed by atoms with Crippen LogP contribution in [0.3, 0.4) is 0 Å². The normalized spacial score (nSPS) is 25.1. The van der Waals surface area contributed by atoms with Crippen molar-refractivity contribution in [3.63, 3.8) is 0 Å². The van der Waals surface area contributed by atoms with Crippen LogP contribution in [0, 0.1) is 17.3 Å². The zero-order chi connectivity index (χ0) is 19.9. The fourth-order valence-corrected chi connectivity index (χ4v) is 4.80. The van der Waals surface area contributed by atoms with Gasteiger partial charge >= 0.3 is 0 Å². The Labute approximate surface area is 171 Å². The number of likely N-dealkylation sites (tertiary alicyclic amines) is 1. The number of nitrogens with one attached hydrogen (secondary N) is 2. The molecule has 8 heteroatoms. The van der Waals surface area contributed by atoms with Gasteiger partial charge in [-0.05, 0) is 30.1 Å². The maximum absolute atomic E-state index is 6.36. The molecular formula is C20H30ClN7. The van der Waals surface area contributed by atoms with Crippen LogP contribution in [0.1, 0.15) is 33.6 Å². The van der Waals surface area contributed by atoms with Crippen LogP contribution in [0.2, 0.25) is 5.02 Å². The van der Waals surface area contributed by atoms with Crippen molar-refractivity contribution >= 4 is 29.1 Å². The second kappa shape index (κ2) is 7.52. The van der Waals surface area contributed by atoms with Crippen molar-refractivity contribution in [2.24, 2.45) is 24.3 Å². The Morgan fingerprint density at radius 1 is 1.18 bits per heavy atom. The van der Waals surface area contributed by atoms with Crippen molar-refractivity contribution in [1.29, 1.82) is 0 Å². The molecule has 7 nitrogen and oxygen atoms in total. The van der Waals surface area contributed by atoms with E-state index in [1.54, 1.807) is 17.1 Å². The smallest absolute Gasteiger partial charge is 0.229 e. The molecular weight excluding hydrogens is 374 g/mol. The van der Waals surface area contributed by atoms with E-state index in [0.717, 1.165) is 17.5 Å². The van der Waals surface area contributed by atoms with Gasteiger partial charge in [-0.15, -0.1) is 0 Å². The summed E-state index contributed by atoms with van der Waals surface area (Å²) in [5, 5.41) is 11.5. The summed E-state index contributed by atoms with van der Waals surface area (Å²) in [5.41, 5.74) is 1.22. The first kappa shape index (κ1) is 19.5. The summed E-state index contributed by atoms with van der Waals surface area (Å²) in [6.45, 7) is 10.6. The number of nitrogens with zero attached hydrogens (tertiary/aromatic N) is 5. The van der Waals surface area contributed by atoms with Gasteiger partial charge in [0.1, 0.15) is 5.02 Å². The average molecular weight is 404 g/mol. The Morgan fingerprint density at radius 2 is 1.89 bits per heavy atom. The molecule has 2 unspecified atom stereocenters. The molecule has 0 radical (unpaired) electrons. The van der Waals surface area contributed by atoms with Gasteiger partial charge in [-0.1, -0.05) is 32.4 Å². The predicted octanol–water partition coefficient (Wildman–Crippen LogP) is 3.78. The summed E-state index contributed by atoms with van der Waals surface area (Å²) >= 11 is 6.36. The number of hydrogen-bond donors (Lipinski definition) is 2. The van der Waals surface area contributed by atoms with E-state index in [2.05, 4.69) is 51.4 Å². The van der Waals surface area contributed by atoms with Crippen LogP contribution in [0.25, 0.3) is 0 Å². The van der Waals surface area contributed by atoms with Crippen LogP contribution >= 0.6 is 11.6 Å². The molecule has 2 atom stereocenters. The van der Waals surface area contributed by atoms with Crippen molar-refractivity contribution < 1.29 is 0 Å². The van der Waals surface area contributed by atoms with Crippen LogP contribution in [-0.2, 0) is 7.05 Å². The van der Waals surface area contributed by atoms with Crippen LogP contribution < -0.4 is 10.6 Å². The first-order chi connectivity index (χ1) is 13.2. The second-order valence-electron chi connectivity index (χ2n) is 9.51. The molecule has 2 aliphatic rings. The van der Waals surface area contributed by atoms with Crippen LogP contribution in [0.15, 0.2) is 18.6 Å². The molecule has 1 saturated heterocycles. The molecule has 2 aromatic heterocycles. The van der Waals surface area contributed by atoms with Crippen molar-refractivity contribution in [3.8, 4) is 0 Å². The lowest BCUT2D eigenvalue weighted by atomic mass is 9.96. The first-order valence-corrected chi connectivity index (χ1v) is 10.4. The predicted molar refractivity (Wildman–Crippen MR) is 113 cm³/mol. The minimum atomic E-state index is 0.364. The topological polar surface area (TPSA) is 70.9 Å². The van der Waals surface area contributed by atoms with Gasteiger partial charge in [-0.2, -0.15) is 10.1 Å². The molecule has 1 aliphatic heterocycles. The van der Waals surface area contributed by atoms with E-state index in [1.165, 1.54) is 32.5 Å². The summed E-state index contributed by atoms with van der Waals surface area (Å²) in [5.74, 6) is 2.77. The Hall–Kier alpha value is -1.86. The molecule has 2 N–H and O–H groups in total. The molecule has 0 aromatic carbocycles. The summed E-state index contributed by atoms with van der Waals surface area (Å²) in [6.07, 6.45) is 7.63. The van der Waals surface area contributed by atoms with E-state index < -0.39 is 0 Å². The lowest BCUT2D eigenvalue weighted by Crippen LogP contribution is -2.32. The van der Waals surface area contributed by atoms with E-state index in [4.69, 9.17) is 11.6 Å². The zero-order valence-corrected chi connectivity index (χ0v) is 17.9. The van der Waals surface area contributed by atoms with Gasteiger partial charge in [0.25, 0.3) is 0 Å². The largest absolute Gasteiger partial charge is 0.366 e. The molecule has 152 valence electrons. The van der Waals surface area contributed by atoms with Crippen LogP contribution in [0.5, 0.6) is 0 Å². The Bertz CT molecular complexity index is 814. The fraction of sp³-hybridized carbons (Fsp3) is 0.650. The molecule has 0 amide bonds. The lowest BCUT2D eigenvalue weighted by Gasteiger charge is -2.27. The highest BCUT2D eigenvalue weighted by molar-refractivity contribution is 6.32. The summed E-state index contributed by atoms with van der Waals surface area (Å²) < 4.78 is 1.73. The van der Waals surface area contributed by atoms with Crippen LogP contribution in [-0.4, -0.2) is 50.3 Å². The molecule has 1 saturated carbocycles. The van der Waals surface area contributed by atoms with E-state index in [0.29, 0.717) is 28.2 Å². The van der Waals surface area contributed by atoms with Crippen molar-refractivity contribution in [2.75, 3.05) is 30.3 Å². The van der Waals surface area contributed by atoms with Gasteiger partial charge in [-0.3, -0.25) is 4.68 Å². The number of halogens is 1. The summed E-state index contributed by atoms with van der Waals surface area (Å²) in [4.78, 5) is 11.5. The number of hydrogen-bond acceptors (Lipinski definition) is 6. The summed E-state index contributed by atoms with van der Waals surface area (Å²) in [7, 11) is 1.88. The minimum absolute atomic E-state index is 0.364. The number of rotatable bonds is 5. The van der Waals surface area contributed by atoms with Crippen molar-refractivity contribution in [1.82, 2.24) is 24.6 Å². The molecule has 4 rings (SSSR count). The average Bonchev–Trinajstić information content (AvgIpc) is 3.24. The zero-order valence-electron chi connectivity index (χ0n) is 17.1. The molecule has 28 heavy (non-hydrogen) atoms. The monoisotopic (exact) mass is 403 g/mol. The van der Waals surface area contributed by atoms with Gasteiger partial charge < -0.3 is 15.5 Å². The van der Waals surface area contributed by atoms with Gasteiger partial charge in [0.15, 0.2) is 5.82 Å². The molecule has 3 heterocycles. The lowest BCUT2D eigenvalue weighted by molar-refractivity contribution is 0.213. The Morgan fingerprint density at radius 3 is 2.50 bits per heavy atom. The SMILES string of the molecule is Cn1cc(Nc2ncc(Cl)c(NC3CC4CN(CC(C)(C)C)CC4C3)n2)cn1. The quantitative estimate of drug-likeness (QED) is 0.791. The summed E-state index contributed by atoms with van der Waals surface area (Å²) in [6, 6.07) is 0.422. The number of aromatic nitrogens is 4. The molecule has 2 fully saturated rings. The number of aryl methyl sites for hydroxylation is 1. The van der Waals surface area contributed by atoms with Crippen molar-refractivity contribution in [2.45, 2.75) is 39.7 Å². The molecule has 0 spiro atoms. The highest BCUT2D eigenvalue weighted by Gasteiger charge is 2.41. The number of fused-ring (bicyclic) bond motifs is 1. The van der Waals surface area contributed by atoms with E-state index in [-0.39, 0.29) is 0 Å².